The molecule has 0 aliphatic heterocycles. The van der Waals surface area contributed by atoms with Gasteiger partial charge in [0, 0.05) is 5.56 Å². The molecule has 3 N–H and O–H groups in total. The van der Waals surface area contributed by atoms with Crippen LogP contribution >= 0.6 is 0 Å². The minimum absolute atomic E-state index is 0.0489. The second kappa shape index (κ2) is 3.10. The molecular formula is C11H11FO4. The lowest BCUT2D eigenvalue weighted by Crippen LogP contribution is -2.20. The van der Waals surface area contributed by atoms with E-state index in [2.05, 4.69) is 0 Å². The molecule has 4 nitrogen and oxygen atoms in total. The fourth-order valence-corrected chi connectivity index (χ4v) is 1.84. The number of carbonyl (C=O) groups is 1. The maximum Gasteiger partial charge on any atom is 0.314 e. The molecule has 1 aromatic rings. The SMILES string of the molecule is Cc1cc(C2(C(=O)O)CC2)c(O)c(F)c1O. The molecule has 0 bridgehead atoms. The zero-order chi connectivity index (χ0) is 12.1. The predicted molar refractivity (Wildman–Crippen MR) is 53.0 cm³/mol. The van der Waals surface area contributed by atoms with Gasteiger partial charge in [-0.05, 0) is 31.4 Å². The van der Waals surface area contributed by atoms with E-state index in [0.717, 1.165) is 0 Å². The van der Waals surface area contributed by atoms with E-state index < -0.39 is 28.7 Å². The Bertz CT molecular complexity index is 477. The van der Waals surface area contributed by atoms with Gasteiger partial charge in [0.05, 0.1) is 5.41 Å². The molecule has 5 heteroatoms. The van der Waals surface area contributed by atoms with Crippen molar-refractivity contribution in [3.63, 3.8) is 0 Å². The van der Waals surface area contributed by atoms with Gasteiger partial charge in [-0.25, -0.2) is 0 Å². The zero-order valence-electron chi connectivity index (χ0n) is 8.62. The lowest BCUT2D eigenvalue weighted by Gasteiger charge is -2.14. The fraction of sp³-hybridized carbons (Fsp3) is 0.364. The summed E-state index contributed by atoms with van der Waals surface area (Å²) < 4.78 is 13.4. The summed E-state index contributed by atoms with van der Waals surface area (Å²) in [5.41, 5.74) is -0.908. The summed E-state index contributed by atoms with van der Waals surface area (Å²) in [5.74, 6) is -3.62. The van der Waals surface area contributed by atoms with E-state index in [9.17, 15) is 19.4 Å². The number of carboxylic acids is 1. The van der Waals surface area contributed by atoms with E-state index in [0.29, 0.717) is 12.8 Å². The maximum absolute atomic E-state index is 13.4. The highest BCUT2D eigenvalue weighted by molar-refractivity contribution is 5.86. The first kappa shape index (κ1) is 10.7. The Morgan fingerprint density at radius 3 is 2.38 bits per heavy atom. The van der Waals surface area contributed by atoms with E-state index in [-0.39, 0.29) is 11.1 Å². The molecule has 0 saturated heterocycles. The van der Waals surface area contributed by atoms with Crippen LogP contribution in [0, 0.1) is 12.7 Å². The third-order valence-corrected chi connectivity index (χ3v) is 3.08. The maximum atomic E-state index is 13.4. The molecule has 0 spiro atoms. The molecule has 0 amide bonds. The summed E-state index contributed by atoms with van der Waals surface area (Å²) >= 11 is 0. The van der Waals surface area contributed by atoms with Crippen LogP contribution in [0.15, 0.2) is 6.07 Å². The Labute approximate surface area is 91.0 Å². The first-order valence-electron chi connectivity index (χ1n) is 4.85. The first-order valence-corrected chi connectivity index (χ1v) is 4.85. The average molecular weight is 226 g/mol. The molecule has 1 aliphatic rings. The van der Waals surface area contributed by atoms with Crippen molar-refractivity contribution in [1.82, 2.24) is 0 Å². The van der Waals surface area contributed by atoms with Crippen LogP contribution in [0.5, 0.6) is 11.5 Å². The van der Waals surface area contributed by atoms with E-state index in [1.54, 1.807) is 0 Å². The zero-order valence-corrected chi connectivity index (χ0v) is 8.62. The summed E-state index contributed by atoms with van der Waals surface area (Å²) in [4.78, 5) is 11.0. The Morgan fingerprint density at radius 2 is 1.94 bits per heavy atom. The van der Waals surface area contributed by atoms with Gasteiger partial charge in [-0.3, -0.25) is 4.79 Å². The van der Waals surface area contributed by atoms with E-state index in [4.69, 9.17) is 5.11 Å². The molecule has 0 unspecified atom stereocenters. The van der Waals surface area contributed by atoms with Gasteiger partial charge in [-0.1, -0.05) is 0 Å². The number of aromatic hydroxyl groups is 2. The van der Waals surface area contributed by atoms with Gasteiger partial charge in [0.1, 0.15) is 0 Å². The molecule has 1 aliphatic carbocycles. The Balaban J connectivity index is 2.63. The molecule has 16 heavy (non-hydrogen) atoms. The van der Waals surface area contributed by atoms with Crippen LogP contribution in [0.2, 0.25) is 0 Å². The second-order valence-corrected chi connectivity index (χ2v) is 4.14. The van der Waals surface area contributed by atoms with E-state index >= 15 is 0 Å². The van der Waals surface area contributed by atoms with Gasteiger partial charge in [0.2, 0.25) is 5.82 Å². The number of hydrogen-bond donors (Lipinski definition) is 3. The van der Waals surface area contributed by atoms with Crippen LogP contribution in [0.1, 0.15) is 24.0 Å². The number of phenolic OH excluding ortho intramolecular Hbond substituents is 2. The topological polar surface area (TPSA) is 77.8 Å². The number of hydrogen-bond acceptors (Lipinski definition) is 3. The normalized spacial score (nSPS) is 17.1. The van der Waals surface area contributed by atoms with Crippen molar-refractivity contribution < 1.29 is 24.5 Å². The smallest absolute Gasteiger partial charge is 0.314 e. The van der Waals surface area contributed by atoms with Crippen LogP contribution < -0.4 is 0 Å². The molecule has 0 radical (unpaired) electrons. The molecule has 0 heterocycles. The number of aliphatic carboxylic acids is 1. The van der Waals surface area contributed by atoms with Crippen molar-refractivity contribution in [3.05, 3.63) is 23.0 Å². The van der Waals surface area contributed by atoms with E-state index in [1.165, 1.54) is 13.0 Å². The summed E-state index contributed by atoms with van der Waals surface area (Å²) in [6.07, 6.45) is 0.749. The molecule has 1 aromatic carbocycles. The lowest BCUT2D eigenvalue weighted by molar-refractivity contribution is -0.140. The first-order chi connectivity index (χ1) is 7.40. The van der Waals surface area contributed by atoms with Crippen molar-refractivity contribution in [3.8, 4) is 11.5 Å². The van der Waals surface area contributed by atoms with Gasteiger partial charge < -0.3 is 15.3 Å². The minimum Gasteiger partial charge on any atom is -0.505 e. The number of benzene rings is 1. The van der Waals surface area contributed by atoms with Gasteiger partial charge in [0.25, 0.3) is 0 Å². The standard InChI is InChI=1S/C11H11FO4/c1-5-4-6(9(14)7(12)8(5)13)11(2-3-11)10(15)16/h4,13-14H,2-3H2,1H3,(H,15,16). The van der Waals surface area contributed by atoms with Crippen LogP contribution in [-0.4, -0.2) is 21.3 Å². The molecule has 86 valence electrons. The number of carboxylic acid groups (broad SMARTS) is 1. The van der Waals surface area contributed by atoms with Crippen molar-refractivity contribution in [2.24, 2.45) is 0 Å². The molecule has 0 atom stereocenters. The number of aryl methyl sites for hydroxylation is 1. The average Bonchev–Trinajstić information content (AvgIpc) is 3.01. The second-order valence-electron chi connectivity index (χ2n) is 4.14. The third-order valence-electron chi connectivity index (χ3n) is 3.08. The van der Waals surface area contributed by atoms with Gasteiger partial charge in [-0.2, -0.15) is 4.39 Å². The highest BCUT2D eigenvalue weighted by Gasteiger charge is 2.54. The predicted octanol–water partition coefficient (Wildman–Crippen LogP) is 1.66. The van der Waals surface area contributed by atoms with Crippen molar-refractivity contribution in [2.75, 3.05) is 0 Å². The van der Waals surface area contributed by atoms with Crippen molar-refractivity contribution in [1.29, 1.82) is 0 Å². The van der Waals surface area contributed by atoms with Crippen LogP contribution in [0.3, 0.4) is 0 Å². The molecule has 2 rings (SSSR count). The Morgan fingerprint density at radius 1 is 1.38 bits per heavy atom. The third kappa shape index (κ3) is 1.24. The molecule has 0 aromatic heterocycles. The van der Waals surface area contributed by atoms with Gasteiger partial charge in [0.15, 0.2) is 11.5 Å². The highest BCUT2D eigenvalue weighted by atomic mass is 19.1. The van der Waals surface area contributed by atoms with Crippen molar-refractivity contribution in [2.45, 2.75) is 25.2 Å². The lowest BCUT2D eigenvalue weighted by atomic mass is 9.93. The Kier molecular flexibility index (Phi) is 2.08. The summed E-state index contributed by atoms with van der Waals surface area (Å²) in [6.45, 7) is 1.46. The summed E-state index contributed by atoms with van der Waals surface area (Å²) in [5, 5.41) is 27.8. The number of phenols is 2. The monoisotopic (exact) mass is 226 g/mol. The summed E-state index contributed by atoms with van der Waals surface area (Å²) in [6, 6.07) is 1.33. The van der Waals surface area contributed by atoms with E-state index in [1.807, 2.05) is 0 Å². The number of halogens is 1. The number of rotatable bonds is 2. The van der Waals surface area contributed by atoms with Crippen molar-refractivity contribution >= 4 is 5.97 Å². The Hall–Kier alpha value is -1.78. The highest BCUT2D eigenvalue weighted by Crippen LogP contribution is 2.53. The fourth-order valence-electron chi connectivity index (χ4n) is 1.84. The van der Waals surface area contributed by atoms with Crippen LogP contribution in [-0.2, 0) is 10.2 Å². The molecule has 1 saturated carbocycles. The quantitative estimate of drug-likeness (QED) is 0.716. The minimum atomic E-state index is -1.18. The van der Waals surface area contributed by atoms with Crippen LogP contribution in [0.25, 0.3) is 0 Å². The molecular weight excluding hydrogens is 215 g/mol. The van der Waals surface area contributed by atoms with Crippen LogP contribution in [0.4, 0.5) is 4.39 Å². The largest absolute Gasteiger partial charge is 0.505 e. The van der Waals surface area contributed by atoms with Gasteiger partial charge >= 0.3 is 5.97 Å². The molecule has 1 fully saturated rings. The van der Waals surface area contributed by atoms with Gasteiger partial charge in [-0.15, -0.1) is 0 Å². The summed E-state index contributed by atoms with van der Waals surface area (Å²) in [7, 11) is 0.